The summed E-state index contributed by atoms with van der Waals surface area (Å²) < 4.78 is 0. The lowest BCUT2D eigenvalue weighted by molar-refractivity contribution is -0.132. The Morgan fingerprint density at radius 1 is 0.824 bits per heavy atom. The third kappa shape index (κ3) is 13.9. The van der Waals surface area contributed by atoms with Crippen molar-refractivity contribution in [3.05, 3.63) is 60.8 Å². The molecule has 2 saturated carbocycles. The molecule has 1 N–H and O–H groups in total. The van der Waals surface area contributed by atoms with E-state index in [0.717, 1.165) is 101 Å². The first-order valence-electron chi connectivity index (χ1n) is 21.4. The summed E-state index contributed by atoms with van der Waals surface area (Å²) in [5.74, 6) is 4.28. The molecule has 51 heavy (non-hydrogen) atoms. The largest absolute Gasteiger partial charge is 0.353 e. The molecule has 4 nitrogen and oxygen atoms in total. The number of allylic oxidation sites excluding steroid dienone is 10. The molecular weight excluding hydrogens is 625 g/mol. The number of hydrogen-bond acceptors (Lipinski definition) is 2. The molecule has 3 fully saturated rings. The number of amides is 2. The van der Waals surface area contributed by atoms with Gasteiger partial charge in [0, 0.05) is 32.0 Å². The maximum atomic E-state index is 13.1. The zero-order valence-electron chi connectivity index (χ0n) is 34.1. The molecule has 0 radical (unpaired) electrons. The van der Waals surface area contributed by atoms with E-state index in [4.69, 9.17) is 0 Å². The van der Waals surface area contributed by atoms with Crippen molar-refractivity contribution in [3.63, 3.8) is 0 Å². The summed E-state index contributed by atoms with van der Waals surface area (Å²) in [7, 11) is 0. The zero-order chi connectivity index (χ0) is 37.1. The van der Waals surface area contributed by atoms with Gasteiger partial charge < -0.3 is 10.2 Å². The number of carbonyl (C=O) groups is 2. The Labute approximate surface area is 315 Å². The van der Waals surface area contributed by atoms with Gasteiger partial charge >= 0.3 is 0 Å². The summed E-state index contributed by atoms with van der Waals surface area (Å²) in [5, 5.41) is 3.34. The highest BCUT2D eigenvalue weighted by molar-refractivity contribution is 5.77. The second-order valence-electron chi connectivity index (χ2n) is 17.4. The number of nitrogens with zero attached hydrogens (tertiary/aromatic N) is 1. The number of nitrogens with one attached hydrogen (secondary N) is 1. The fourth-order valence-electron chi connectivity index (χ4n) is 10.4. The molecule has 4 heteroatoms. The van der Waals surface area contributed by atoms with E-state index >= 15 is 0 Å². The topological polar surface area (TPSA) is 49.4 Å². The van der Waals surface area contributed by atoms with Crippen molar-refractivity contribution in [3.8, 4) is 0 Å². The number of hydrogen-bond donors (Lipinski definition) is 1. The molecule has 3 aliphatic rings. The molecular formula is C47H78N2O2. The van der Waals surface area contributed by atoms with Crippen LogP contribution in [0, 0.1) is 40.4 Å². The quantitative estimate of drug-likeness (QED) is 0.0956. The molecule has 0 bridgehead atoms. The summed E-state index contributed by atoms with van der Waals surface area (Å²) in [6, 6.07) is 0.203. The minimum Gasteiger partial charge on any atom is -0.353 e. The van der Waals surface area contributed by atoms with Crippen molar-refractivity contribution in [2.45, 2.75) is 170 Å². The predicted octanol–water partition coefficient (Wildman–Crippen LogP) is 12.3. The van der Waals surface area contributed by atoms with Crippen LogP contribution in [0.4, 0.5) is 0 Å². The number of piperidine rings is 1. The summed E-state index contributed by atoms with van der Waals surface area (Å²) in [5.41, 5.74) is 0.875. The van der Waals surface area contributed by atoms with Crippen LogP contribution in [-0.2, 0) is 9.59 Å². The molecule has 0 aromatic heterocycles. The van der Waals surface area contributed by atoms with Crippen LogP contribution < -0.4 is 5.32 Å². The Morgan fingerprint density at radius 2 is 1.41 bits per heavy atom. The van der Waals surface area contributed by atoms with Crippen LogP contribution in [-0.4, -0.2) is 35.8 Å². The van der Waals surface area contributed by atoms with Crippen LogP contribution >= 0.6 is 0 Å². The minimum absolute atomic E-state index is 0.203. The molecule has 3 rings (SSSR count). The first-order valence-corrected chi connectivity index (χ1v) is 21.4. The summed E-state index contributed by atoms with van der Waals surface area (Å²) in [6.45, 7) is 18.7. The molecule has 0 aromatic rings. The lowest BCUT2D eigenvalue weighted by Crippen LogP contribution is -2.47. The lowest BCUT2D eigenvalue weighted by Gasteiger charge is -2.53. The fourth-order valence-corrected chi connectivity index (χ4v) is 10.4. The average Bonchev–Trinajstić information content (AvgIpc) is 3.46. The fraction of sp³-hybridized carbons (Fsp3) is 0.745. The van der Waals surface area contributed by atoms with E-state index in [2.05, 4.69) is 115 Å². The Balaban J connectivity index is 1.25. The van der Waals surface area contributed by atoms with Gasteiger partial charge in [-0.2, -0.15) is 0 Å². The molecule has 0 spiro atoms. The van der Waals surface area contributed by atoms with E-state index < -0.39 is 0 Å². The highest BCUT2D eigenvalue weighted by Crippen LogP contribution is 2.63. The maximum Gasteiger partial charge on any atom is 0.222 e. The van der Waals surface area contributed by atoms with E-state index in [0.29, 0.717) is 29.6 Å². The molecule has 1 saturated heterocycles. The second-order valence-corrected chi connectivity index (χ2v) is 17.4. The van der Waals surface area contributed by atoms with Gasteiger partial charge in [-0.25, -0.2) is 0 Å². The Morgan fingerprint density at radius 3 is 2.00 bits per heavy atom. The maximum absolute atomic E-state index is 13.1. The number of carbonyl (C=O) groups excluding carboxylic acids is 2. The average molecular weight is 703 g/mol. The Bertz CT molecular complexity index is 1170. The molecule has 6 unspecified atom stereocenters. The zero-order valence-corrected chi connectivity index (χ0v) is 34.1. The van der Waals surface area contributed by atoms with Crippen molar-refractivity contribution < 1.29 is 9.59 Å². The summed E-state index contributed by atoms with van der Waals surface area (Å²) in [4.78, 5) is 27.9. The van der Waals surface area contributed by atoms with Crippen molar-refractivity contribution in [1.82, 2.24) is 10.2 Å². The number of fused-ring (bicyclic) bond motifs is 1. The van der Waals surface area contributed by atoms with Gasteiger partial charge in [0.2, 0.25) is 11.8 Å². The first-order chi connectivity index (χ1) is 24.5. The summed E-state index contributed by atoms with van der Waals surface area (Å²) >= 11 is 0. The van der Waals surface area contributed by atoms with E-state index in [-0.39, 0.29) is 17.9 Å². The monoisotopic (exact) mass is 703 g/mol. The third-order valence-corrected chi connectivity index (χ3v) is 13.3. The van der Waals surface area contributed by atoms with Crippen LogP contribution in [0.15, 0.2) is 60.8 Å². The molecule has 0 aromatic carbocycles. The minimum atomic E-state index is 0.203. The number of unbranched alkanes of at least 4 members (excludes halogenated alkanes) is 1. The first kappa shape index (κ1) is 43.0. The van der Waals surface area contributed by atoms with E-state index in [1.54, 1.807) is 0 Å². The molecule has 1 heterocycles. The van der Waals surface area contributed by atoms with Gasteiger partial charge in [0.1, 0.15) is 0 Å². The van der Waals surface area contributed by atoms with Gasteiger partial charge in [-0.15, -0.1) is 0 Å². The highest BCUT2D eigenvalue weighted by atomic mass is 16.2. The van der Waals surface area contributed by atoms with Crippen LogP contribution in [0.25, 0.3) is 0 Å². The van der Waals surface area contributed by atoms with Crippen LogP contribution in [0.3, 0.4) is 0 Å². The number of likely N-dealkylation sites (tertiary alicyclic amines) is 1. The molecule has 288 valence electrons. The van der Waals surface area contributed by atoms with Crippen LogP contribution in [0.2, 0.25) is 0 Å². The van der Waals surface area contributed by atoms with Gasteiger partial charge in [-0.05, 0) is 137 Å². The van der Waals surface area contributed by atoms with Crippen LogP contribution in [0.5, 0.6) is 0 Å². The Kier molecular flexibility index (Phi) is 19.1. The van der Waals surface area contributed by atoms with Gasteiger partial charge in [0.25, 0.3) is 0 Å². The lowest BCUT2D eigenvalue weighted by atomic mass is 9.52. The van der Waals surface area contributed by atoms with Crippen molar-refractivity contribution >= 4 is 11.8 Å². The van der Waals surface area contributed by atoms with Crippen LogP contribution in [0.1, 0.15) is 164 Å². The normalized spacial score (nSPS) is 27.1. The second kappa shape index (κ2) is 22.7. The van der Waals surface area contributed by atoms with Gasteiger partial charge in [0.15, 0.2) is 0 Å². The van der Waals surface area contributed by atoms with Gasteiger partial charge in [0.05, 0.1) is 0 Å². The number of rotatable bonds is 21. The molecule has 2 amide bonds. The SMILES string of the molecule is CCC=CCC=CCC=CCC=CCC=CCCCC(=O)N1CCC(NC(=O)CCC(C)C2CCC3C(C)C(C(C)(C)CCC)CCC23C)CC1. The predicted molar refractivity (Wildman–Crippen MR) is 219 cm³/mol. The summed E-state index contributed by atoms with van der Waals surface area (Å²) in [6.07, 6.45) is 41.1. The molecule has 6 atom stereocenters. The van der Waals surface area contributed by atoms with Gasteiger partial charge in [-0.1, -0.05) is 116 Å². The third-order valence-electron chi connectivity index (χ3n) is 13.3. The van der Waals surface area contributed by atoms with E-state index in [1.807, 2.05) is 4.90 Å². The van der Waals surface area contributed by atoms with Gasteiger partial charge in [-0.3, -0.25) is 9.59 Å². The van der Waals surface area contributed by atoms with E-state index in [9.17, 15) is 9.59 Å². The standard InChI is InChI=1S/C47H78N2O2/c1-8-10-11-12-13-14-15-16-17-18-19-20-21-22-23-24-25-26-45(51)49-36-32-40(33-37-49)48-44(50)30-27-38(3)41-28-29-43-39(4)42(31-35-47(41,43)7)46(5,6)34-9-2/h10-11,13-14,16-17,19-20,22-23,38-43H,8-9,12,15,18,21,24-37H2,1-7H3,(H,48,50). The van der Waals surface area contributed by atoms with E-state index in [1.165, 1.54) is 38.5 Å². The molecule has 2 aliphatic carbocycles. The smallest absolute Gasteiger partial charge is 0.222 e. The van der Waals surface area contributed by atoms with Crippen molar-refractivity contribution in [2.75, 3.05) is 13.1 Å². The Hall–Kier alpha value is -2.36. The van der Waals surface area contributed by atoms with Crippen molar-refractivity contribution in [1.29, 1.82) is 0 Å². The highest BCUT2D eigenvalue weighted by Gasteiger charge is 2.55. The molecule has 1 aliphatic heterocycles. The van der Waals surface area contributed by atoms with Crippen molar-refractivity contribution in [2.24, 2.45) is 40.4 Å².